The monoisotopic (exact) mass is 275 g/mol. The predicted molar refractivity (Wildman–Crippen MR) is 81.5 cm³/mol. The highest BCUT2D eigenvalue weighted by Gasteiger charge is 2.27. The topological polar surface area (TPSA) is 59.2 Å². The van der Waals surface area contributed by atoms with Gasteiger partial charge in [0.15, 0.2) is 0 Å². The maximum absolute atomic E-state index is 12.5. The van der Waals surface area contributed by atoms with E-state index in [1.807, 2.05) is 18.9 Å². The quantitative estimate of drug-likeness (QED) is 0.922. The summed E-state index contributed by atoms with van der Waals surface area (Å²) in [5.74, 6) is 0.829. The third-order valence-corrected chi connectivity index (χ3v) is 4.56. The Bertz CT molecular complexity index is 479. The molecule has 2 rings (SSSR count). The Hall–Kier alpha value is -1.58. The molecule has 1 fully saturated rings. The van der Waals surface area contributed by atoms with E-state index in [-0.39, 0.29) is 5.91 Å². The van der Waals surface area contributed by atoms with Crippen LogP contribution in [0.4, 0.5) is 5.69 Å². The van der Waals surface area contributed by atoms with E-state index in [0.717, 1.165) is 24.5 Å². The first-order valence-electron chi connectivity index (χ1n) is 7.52. The van der Waals surface area contributed by atoms with Gasteiger partial charge in [0.05, 0.1) is 5.56 Å². The molecule has 1 heterocycles. The van der Waals surface area contributed by atoms with Crippen molar-refractivity contribution in [1.82, 2.24) is 9.88 Å². The number of aromatic nitrogens is 1. The van der Waals surface area contributed by atoms with Gasteiger partial charge >= 0.3 is 0 Å². The third-order valence-electron chi connectivity index (χ3n) is 4.56. The molecule has 4 heteroatoms. The highest BCUT2D eigenvalue weighted by molar-refractivity contribution is 5.98. The number of hydrogen-bond acceptors (Lipinski definition) is 3. The SMILES string of the molecule is CCC1CCC(N(C)C(=O)c2cnc(C)cc2N)CC1. The van der Waals surface area contributed by atoms with Gasteiger partial charge in [0.2, 0.25) is 0 Å². The zero-order chi connectivity index (χ0) is 14.7. The second-order valence-corrected chi connectivity index (χ2v) is 5.91. The zero-order valence-corrected chi connectivity index (χ0v) is 12.7. The van der Waals surface area contributed by atoms with E-state index < -0.39 is 0 Å². The Morgan fingerprint density at radius 3 is 2.60 bits per heavy atom. The van der Waals surface area contributed by atoms with Gasteiger partial charge in [-0.15, -0.1) is 0 Å². The number of nitrogens with two attached hydrogens (primary N) is 1. The van der Waals surface area contributed by atoms with Crippen molar-refractivity contribution < 1.29 is 4.79 Å². The first-order chi connectivity index (χ1) is 9.52. The van der Waals surface area contributed by atoms with E-state index in [0.29, 0.717) is 17.3 Å². The number of anilines is 1. The molecule has 0 atom stereocenters. The average molecular weight is 275 g/mol. The van der Waals surface area contributed by atoms with Crippen LogP contribution in [0.15, 0.2) is 12.3 Å². The minimum atomic E-state index is -0.00468. The number of nitrogens with zero attached hydrogens (tertiary/aromatic N) is 2. The van der Waals surface area contributed by atoms with E-state index in [2.05, 4.69) is 11.9 Å². The van der Waals surface area contributed by atoms with E-state index in [1.165, 1.54) is 19.3 Å². The number of pyridine rings is 1. The molecule has 1 saturated carbocycles. The lowest BCUT2D eigenvalue weighted by molar-refractivity contribution is 0.0675. The summed E-state index contributed by atoms with van der Waals surface area (Å²) in [6, 6.07) is 2.10. The number of carbonyl (C=O) groups is 1. The molecule has 0 aliphatic heterocycles. The van der Waals surface area contributed by atoms with Crippen molar-refractivity contribution in [2.75, 3.05) is 12.8 Å². The first kappa shape index (κ1) is 14.8. The highest BCUT2D eigenvalue weighted by Crippen LogP contribution is 2.29. The van der Waals surface area contributed by atoms with Crippen LogP contribution < -0.4 is 5.73 Å². The molecule has 0 radical (unpaired) electrons. The molecule has 2 N–H and O–H groups in total. The van der Waals surface area contributed by atoms with Crippen LogP contribution >= 0.6 is 0 Å². The van der Waals surface area contributed by atoms with E-state index >= 15 is 0 Å². The molecule has 1 aromatic heterocycles. The molecule has 0 aromatic carbocycles. The average Bonchev–Trinajstić information content (AvgIpc) is 2.46. The summed E-state index contributed by atoms with van der Waals surface area (Å²) in [4.78, 5) is 18.6. The molecule has 1 aliphatic rings. The molecule has 110 valence electrons. The number of nitrogen functional groups attached to an aromatic ring is 1. The van der Waals surface area contributed by atoms with Crippen molar-refractivity contribution in [3.8, 4) is 0 Å². The van der Waals surface area contributed by atoms with Crippen LogP contribution in [0.1, 0.15) is 55.1 Å². The summed E-state index contributed by atoms with van der Waals surface area (Å²) in [7, 11) is 1.89. The van der Waals surface area contributed by atoms with Gasteiger partial charge in [-0.3, -0.25) is 9.78 Å². The lowest BCUT2D eigenvalue weighted by Gasteiger charge is -2.34. The van der Waals surface area contributed by atoms with Crippen LogP contribution in [0.2, 0.25) is 0 Å². The minimum absolute atomic E-state index is 0.00468. The fourth-order valence-electron chi connectivity index (χ4n) is 3.06. The van der Waals surface area contributed by atoms with Crippen LogP contribution in [-0.2, 0) is 0 Å². The minimum Gasteiger partial charge on any atom is -0.398 e. The Morgan fingerprint density at radius 1 is 1.40 bits per heavy atom. The molecule has 20 heavy (non-hydrogen) atoms. The van der Waals surface area contributed by atoms with E-state index in [1.54, 1.807) is 12.3 Å². The van der Waals surface area contributed by atoms with Gasteiger partial charge < -0.3 is 10.6 Å². The molecular weight excluding hydrogens is 250 g/mol. The normalized spacial score (nSPS) is 22.6. The number of carbonyl (C=O) groups excluding carboxylic acids is 1. The van der Waals surface area contributed by atoms with Gasteiger partial charge in [0.1, 0.15) is 0 Å². The smallest absolute Gasteiger partial charge is 0.257 e. The molecule has 0 saturated heterocycles. The molecule has 1 amide bonds. The standard InChI is InChI=1S/C16H25N3O/c1-4-12-5-7-13(8-6-12)19(3)16(20)14-10-18-11(2)9-15(14)17/h9-10,12-13H,4-8H2,1-3H3,(H2,17,18). The van der Waals surface area contributed by atoms with Gasteiger partial charge in [-0.25, -0.2) is 0 Å². The van der Waals surface area contributed by atoms with Crippen LogP contribution in [0, 0.1) is 12.8 Å². The fourth-order valence-corrected chi connectivity index (χ4v) is 3.06. The maximum Gasteiger partial charge on any atom is 0.257 e. The van der Waals surface area contributed by atoms with Crippen molar-refractivity contribution in [1.29, 1.82) is 0 Å². The van der Waals surface area contributed by atoms with Crippen molar-refractivity contribution in [3.05, 3.63) is 23.5 Å². The summed E-state index contributed by atoms with van der Waals surface area (Å²) in [6.45, 7) is 4.12. The van der Waals surface area contributed by atoms with Gasteiger partial charge in [0.25, 0.3) is 5.91 Å². The molecule has 0 spiro atoms. The summed E-state index contributed by atoms with van der Waals surface area (Å²) in [6.07, 6.45) is 7.49. The Labute approximate surface area is 121 Å². The molecule has 0 bridgehead atoms. The van der Waals surface area contributed by atoms with E-state index in [9.17, 15) is 4.79 Å². The van der Waals surface area contributed by atoms with E-state index in [4.69, 9.17) is 5.73 Å². The summed E-state index contributed by atoms with van der Waals surface area (Å²) in [5, 5.41) is 0. The van der Waals surface area contributed by atoms with Gasteiger partial charge in [-0.2, -0.15) is 0 Å². The number of hydrogen-bond donors (Lipinski definition) is 1. The molecule has 1 aliphatic carbocycles. The molecular formula is C16H25N3O. The maximum atomic E-state index is 12.5. The highest BCUT2D eigenvalue weighted by atomic mass is 16.2. The Morgan fingerprint density at radius 2 is 2.05 bits per heavy atom. The molecule has 0 unspecified atom stereocenters. The van der Waals surface area contributed by atoms with Gasteiger partial charge in [-0.1, -0.05) is 13.3 Å². The first-order valence-corrected chi connectivity index (χ1v) is 7.52. The van der Waals surface area contributed by atoms with Crippen LogP contribution in [0.5, 0.6) is 0 Å². The van der Waals surface area contributed by atoms with Crippen molar-refractivity contribution in [3.63, 3.8) is 0 Å². The van der Waals surface area contributed by atoms with Crippen LogP contribution in [0.25, 0.3) is 0 Å². The number of amides is 1. The summed E-state index contributed by atoms with van der Waals surface area (Å²) < 4.78 is 0. The zero-order valence-electron chi connectivity index (χ0n) is 12.7. The second kappa shape index (κ2) is 6.25. The van der Waals surface area contributed by atoms with Crippen molar-refractivity contribution >= 4 is 11.6 Å². The van der Waals surface area contributed by atoms with Gasteiger partial charge in [-0.05, 0) is 44.6 Å². The van der Waals surface area contributed by atoms with Crippen LogP contribution in [-0.4, -0.2) is 28.9 Å². The predicted octanol–water partition coefficient (Wildman–Crippen LogP) is 3.01. The number of aryl methyl sites for hydroxylation is 1. The largest absolute Gasteiger partial charge is 0.398 e. The Balaban J connectivity index is 2.05. The third kappa shape index (κ3) is 3.11. The molecule has 4 nitrogen and oxygen atoms in total. The lowest BCUT2D eigenvalue weighted by Crippen LogP contribution is -2.39. The van der Waals surface area contributed by atoms with Crippen LogP contribution in [0.3, 0.4) is 0 Å². The molecule has 1 aromatic rings. The second-order valence-electron chi connectivity index (χ2n) is 5.91. The Kier molecular flexibility index (Phi) is 4.63. The fraction of sp³-hybridized carbons (Fsp3) is 0.625. The van der Waals surface area contributed by atoms with Crippen molar-refractivity contribution in [2.45, 2.75) is 52.0 Å². The number of rotatable bonds is 3. The lowest BCUT2D eigenvalue weighted by atomic mass is 9.84. The summed E-state index contributed by atoms with van der Waals surface area (Å²) >= 11 is 0. The summed E-state index contributed by atoms with van der Waals surface area (Å²) in [5.41, 5.74) is 7.83. The van der Waals surface area contributed by atoms with Gasteiger partial charge in [0, 0.05) is 30.7 Å². The van der Waals surface area contributed by atoms with Crippen molar-refractivity contribution in [2.24, 2.45) is 5.92 Å².